The number of aromatic nitrogens is 2. The Bertz CT molecular complexity index is 2690. The largest absolute Gasteiger partial charge is 0.489 e. The van der Waals surface area contributed by atoms with Gasteiger partial charge in [0.2, 0.25) is 17.7 Å². The summed E-state index contributed by atoms with van der Waals surface area (Å²) in [7, 11) is 0. The summed E-state index contributed by atoms with van der Waals surface area (Å²) in [5, 5.41) is 29.7. The summed E-state index contributed by atoms with van der Waals surface area (Å²) < 4.78 is 12.2. The number of aliphatic hydroxyl groups excluding tert-OH is 1. The van der Waals surface area contributed by atoms with Gasteiger partial charge >= 0.3 is 0 Å². The van der Waals surface area contributed by atoms with Gasteiger partial charge in [0.15, 0.2) is 0 Å². The molecule has 0 radical (unpaired) electrons. The fraction of sp³-hybridized carbons (Fsp3) is 0.545. The van der Waals surface area contributed by atoms with Crippen LogP contribution in [0.1, 0.15) is 114 Å². The number of halogens is 1. The van der Waals surface area contributed by atoms with E-state index in [0.717, 1.165) is 60.1 Å². The van der Waals surface area contributed by atoms with Crippen LogP contribution >= 0.6 is 22.9 Å². The van der Waals surface area contributed by atoms with Crippen molar-refractivity contribution in [3.63, 3.8) is 0 Å². The smallest absolute Gasteiger partial charge is 0.253 e. The number of thiazole rings is 1. The number of carbonyl (C=O) groups excluding carboxylic acids is 4. The Hall–Kier alpha value is -5.64. The standard InChI is InChI=1S/C55H70ClN9O7S/c1-33(35-12-14-36(15-13-35)45-34(2)59-32-73-45)60-48(69)42-25-39(66)29-65(42)49(70)46(52(3,4)5)61-44(67)11-10-20-55(30-71-31-55)64-23-21-63(22-24-64)43-19-17-38(28-58-43)47(68)62-50-53(6,7)51(54(50,8)9)72-40-18-16-37(27-57)41(56)26-40/h12-19,26,28,32-33,39,42,46,50-51,66H,10-11,20-25,29-31H2,1-9H3,(H,60,69)(H,61,67)(H,62,68)/t33-,39+,42-,46?,50?,51?/m0/s1. The second-order valence-electron chi connectivity index (χ2n) is 22.6. The number of benzene rings is 2. The minimum Gasteiger partial charge on any atom is -0.489 e. The SMILES string of the molecule is Cc1ncsc1-c1ccc([C@H](C)NC(=O)[C@@H]2C[C@@H](O)CN2C(=O)C(NC(=O)CCCC2(N3CCN(c4ccc(C(=O)NC5C(C)(C)C(Oc6ccc(C#N)c(Cl)c6)C5(C)C)cn4)CC3)COC2)C(C)(C)C)cc1. The van der Waals surface area contributed by atoms with Crippen LogP contribution in [-0.2, 0) is 19.1 Å². The van der Waals surface area contributed by atoms with Crippen LogP contribution in [0.4, 0.5) is 5.82 Å². The fourth-order valence-corrected chi connectivity index (χ4v) is 12.6. The molecule has 2 aromatic carbocycles. The highest BCUT2D eigenvalue weighted by atomic mass is 35.5. The van der Waals surface area contributed by atoms with E-state index in [9.17, 15) is 29.5 Å². The van der Waals surface area contributed by atoms with E-state index >= 15 is 0 Å². The van der Waals surface area contributed by atoms with Crippen molar-refractivity contribution in [1.82, 2.24) is 35.7 Å². The zero-order valence-corrected chi connectivity index (χ0v) is 45.0. The van der Waals surface area contributed by atoms with Crippen LogP contribution < -0.4 is 25.6 Å². The van der Waals surface area contributed by atoms with Gasteiger partial charge in [-0.1, -0.05) is 84.3 Å². The number of carbonyl (C=O) groups is 4. The summed E-state index contributed by atoms with van der Waals surface area (Å²) in [4.78, 5) is 71.6. The molecule has 4 amide bonds. The van der Waals surface area contributed by atoms with Gasteiger partial charge in [0.25, 0.3) is 5.91 Å². The third-order valence-corrected chi connectivity index (χ3v) is 16.9. The molecular weight excluding hydrogens is 966 g/mol. The summed E-state index contributed by atoms with van der Waals surface area (Å²) in [6.45, 7) is 22.0. The van der Waals surface area contributed by atoms with Crippen molar-refractivity contribution in [2.75, 3.05) is 50.8 Å². The van der Waals surface area contributed by atoms with Crippen molar-refractivity contribution in [1.29, 1.82) is 5.26 Å². The first-order valence-corrected chi connectivity index (χ1v) is 26.6. The molecule has 4 atom stereocenters. The van der Waals surface area contributed by atoms with E-state index in [2.05, 4.69) is 64.5 Å². The van der Waals surface area contributed by atoms with Gasteiger partial charge in [0.05, 0.1) is 63.1 Å². The van der Waals surface area contributed by atoms with Gasteiger partial charge in [-0.05, 0) is 67.5 Å². The molecule has 18 heteroatoms. The Morgan fingerprint density at radius 2 is 1.68 bits per heavy atom. The zero-order valence-electron chi connectivity index (χ0n) is 43.5. The number of likely N-dealkylation sites (tertiary alicyclic amines) is 1. The van der Waals surface area contributed by atoms with Gasteiger partial charge in [-0.15, -0.1) is 11.3 Å². The van der Waals surface area contributed by atoms with Crippen LogP contribution in [0.3, 0.4) is 0 Å². The minimum atomic E-state index is -0.912. The Kier molecular flexibility index (Phi) is 15.7. The number of β-amino-alcohol motifs (C(OH)–C–C–N with tert-alkyl or cyclic N) is 1. The number of pyridine rings is 1. The summed E-state index contributed by atoms with van der Waals surface area (Å²) in [6, 6.07) is 16.5. The first-order valence-electron chi connectivity index (χ1n) is 25.3. The molecule has 1 aliphatic carbocycles. The molecule has 390 valence electrons. The van der Waals surface area contributed by atoms with Crippen LogP contribution in [0.25, 0.3) is 10.4 Å². The highest BCUT2D eigenvalue weighted by molar-refractivity contribution is 7.13. The van der Waals surface area contributed by atoms with Crippen LogP contribution in [0.15, 0.2) is 66.3 Å². The van der Waals surface area contributed by atoms with E-state index in [-0.39, 0.29) is 60.8 Å². The summed E-state index contributed by atoms with van der Waals surface area (Å²) >= 11 is 7.85. The Balaban J connectivity index is 0.799. The van der Waals surface area contributed by atoms with Crippen molar-refractivity contribution in [3.05, 3.63) is 93.7 Å². The number of nitriles is 1. The second kappa shape index (κ2) is 21.3. The van der Waals surface area contributed by atoms with Gasteiger partial charge in [0.1, 0.15) is 35.8 Å². The third-order valence-electron chi connectivity index (χ3n) is 15.6. The number of anilines is 1. The number of hydrogen-bond acceptors (Lipinski definition) is 13. The van der Waals surface area contributed by atoms with Crippen molar-refractivity contribution in [2.45, 2.75) is 130 Å². The maximum absolute atomic E-state index is 14.3. The Morgan fingerprint density at radius 1 is 0.986 bits per heavy atom. The van der Waals surface area contributed by atoms with Gasteiger partial charge in [-0.2, -0.15) is 5.26 Å². The van der Waals surface area contributed by atoms with Crippen molar-refractivity contribution < 1.29 is 33.8 Å². The first kappa shape index (κ1) is 53.6. The van der Waals surface area contributed by atoms with Crippen LogP contribution in [0.5, 0.6) is 5.75 Å². The fourth-order valence-electron chi connectivity index (χ4n) is 11.6. The average Bonchev–Trinajstić information content (AvgIpc) is 3.97. The summed E-state index contributed by atoms with van der Waals surface area (Å²) in [5.41, 5.74) is 3.93. The number of amides is 4. The lowest BCUT2D eigenvalue weighted by molar-refractivity contribution is -0.164. The van der Waals surface area contributed by atoms with E-state index in [4.69, 9.17) is 26.1 Å². The molecule has 16 nitrogen and oxygen atoms in total. The van der Waals surface area contributed by atoms with E-state index in [1.165, 1.54) is 4.90 Å². The number of rotatable bonds is 16. The molecule has 4 fully saturated rings. The number of nitrogens with one attached hydrogen (secondary N) is 3. The highest BCUT2D eigenvalue weighted by Gasteiger charge is 2.64. The van der Waals surface area contributed by atoms with Gasteiger partial charge in [0, 0.05) is 74.7 Å². The Labute approximate surface area is 438 Å². The number of nitrogens with zero attached hydrogens (tertiary/aromatic N) is 6. The Morgan fingerprint density at radius 3 is 2.26 bits per heavy atom. The highest BCUT2D eigenvalue weighted by Crippen LogP contribution is 2.55. The molecule has 8 rings (SSSR count). The molecule has 73 heavy (non-hydrogen) atoms. The molecule has 4 aliphatic rings. The number of aliphatic hydroxyl groups is 1. The normalized spacial score (nSPS) is 23.0. The van der Waals surface area contributed by atoms with E-state index < -0.39 is 40.3 Å². The molecule has 1 saturated carbocycles. The minimum absolute atomic E-state index is 0.000889. The predicted octanol–water partition coefficient (Wildman–Crippen LogP) is 7.08. The average molecular weight is 1040 g/mol. The number of ether oxygens (including phenoxy) is 2. The van der Waals surface area contributed by atoms with Crippen LogP contribution in [0, 0.1) is 34.5 Å². The van der Waals surface area contributed by atoms with Crippen LogP contribution in [0.2, 0.25) is 5.02 Å². The molecule has 0 bridgehead atoms. The summed E-state index contributed by atoms with van der Waals surface area (Å²) in [6.07, 6.45) is 2.20. The molecule has 3 aliphatic heterocycles. The van der Waals surface area contributed by atoms with Gasteiger partial charge < -0.3 is 40.3 Å². The molecule has 0 spiro atoms. The van der Waals surface area contributed by atoms with Crippen molar-refractivity contribution >= 4 is 52.4 Å². The maximum atomic E-state index is 14.3. The van der Waals surface area contributed by atoms with Crippen molar-refractivity contribution in [2.24, 2.45) is 16.2 Å². The molecule has 5 heterocycles. The molecular formula is C55H70ClN9O7S. The topological polar surface area (TPSA) is 202 Å². The molecule has 4 aromatic rings. The monoisotopic (exact) mass is 1040 g/mol. The molecule has 3 saturated heterocycles. The van der Waals surface area contributed by atoms with Gasteiger partial charge in [-0.3, -0.25) is 24.1 Å². The maximum Gasteiger partial charge on any atom is 0.253 e. The lowest BCUT2D eigenvalue weighted by Gasteiger charge is -2.63. The zero-order chi connectivity index (χ0) is 52.6. The number of hydrogen-bond donors (Lipinski definition) is 4. The molecule has 2 aromatic heterocycles. The van der Waals surface area contributed by atoms with Crippen molar-refractivity contribution in [3.8, 4) is 22.3 Å². The second-order valence-corrected chi connectivity index (χ2v) is 23.9. The number of piperazine rings is 1. The molecule has 1 unspecified atom stereocenters. The lowest BCUT2D eigenvalue weighted by Crippen LogP contribution is -2.74. The van der Waals surface area contributed by atoms with E-state index in [1.807, 2.05) is 76.5 Å². The van der Waals surface area contributed by atoms with Crippen LogP contribution in [-0.4, -0.2) is 130 Å². The number of aryl methyl sites for hydroxylation is 1. The first-order chi connectivity index (χ1) is 34.5. The summed E-state index contributed by atoms with van der Waals surface area (Å²) in [5.74, 6) is 0.177. The quantitative estimate of drug-likeness (QED) is 0.0890. The van der Waals surface area contributed by atoms with Gasteiger partial charge in [-0.25, -0.2) is 9.97 Å². The predicted molar refractivity (Wildman–Crippen MR) is 281 cm³/mol. The third kappa shape index (κ3) is 11.2. The molecule has 4 N–H and O–H groups in total. The van der Waals surface area contributed by atoms with E-state index in [1.54, 1.807) is 35.7 Å². The lowest BCUT2D eigenvalue weighted by atomic mass is 9.49. The van der Waals surface area contributed by atoms with E-state index in [0.29, 0.717) is 41.5 Å².